The summed E-state index contributed by atoms with van der Waals surface area (Å²) in [6.07, 6.45) is 4.92. The van der Waals surface area contributed by atoms with Gasteiger partial charge < -0.3 is 19.6 Å². The van der Waals surface area contributed by atoms with E-state index in [1.165, 1.54) is 16.7 Å². The van der Waals surface area contributed by atoms with Crippen LogP contribution in [0.2, 0.25) is 0 Å². The number of hydrogen-bond donors (Lipinski definition) is 1. The van der Waals surface area contributed by atoms with E-state index >= 15 is 0 Å². The second kappa shape index (κ2) is 10.8. The molecule has 0 amide bonds. The molecule has 0 spiro atoms. The number of hydrogen-bond acceptors (Lipinski definition) is 3. The number of aromatic hydroxyl groups is 1. The van der Waals surface area contributed by atoms with Crippen LogP contribution in [-0.2, 0) is 27.8 Å². The fraction of sp³-hybridized carbons (Fsp3) is 0.200. The molecular weight excluding hydrogens is 689 g/mol. The number of nitrogens with zero attached hydrogens (tertiary/aromatic N) is 4. The molecule has 3 heterocycles. The number of imidazole rings is 1. The average molecular weight is 722 g/mol. The Balaban J connectivity index is 0.00000337. The van der Waals surface area contributed by atoms with Crippen molar-refractivity contribution in [2.45, 2.75) is 47.0 Å². The third-order valence-corrected chi connectivity index (χ3v) is 7.48. The number of aromatic nitrogens is 4. The Labute approximate surface area is 256 Å². The summed E-state index contributed by atoms with van der Waals surface area (Å²) < 4.78 is 1.82. The predicted octanol–water partition coefficient (Wildman–Crippen LogP) is 8.10. The Bertz CT molecular complexity index is 1870. The van der Waals surface area contributed by atoms with Crippen molar-refractivity contribution in [1.82, 2.24) is 19.5 Å². The first-order valence-electron chi connectivity index (χ1n) is 13.5. The Morgan fingerprint density at radius 2 is 1.51 bits per heavy atom. The first-order chi connectivity index (χ1) is 19.1. The fourth-order valence-corrected chi connectivity index (χ4v) is 5.34. The Kier molecular flexibility index (Phi) is 7.56. The van der Waals surface area contributed by atoms with Crippen LogP contribution in [-0.4, -0.2) is 19.6 Å². The van der Waals surface area contributed by atoms with Gasteiger partial charge in [-0.1, -0.05) is 88.2 Å². The first kappa shape index (κ1) is 28.6. The zero-order valence-corrected chi connectivity index (χ0v) is 26.2. The van der Waals surface area contributed by atoms with Gasteiger partial charge in [-0.3, -0.25) is 0 Å². The molecule has 1 N–H and O–H groups in total. The van der Waals surface area contributed by atoms with Gasteiger partial charge in [0.2, 0.25) is 0 Å². The van der Waals surface area contributed by atoms with E-state index in [1.807, 2.05) is 35.9 Å². The van der Waals surface area contributed by atoms with Crippen molar-refractivity contribution in [3.63, 3.8) is 0 Å². The Morgan fingerprint density at radius 3 is 2.17 bits per heavy atom. The predicted molar refractivity (Wildman–Crippen MR) is 162 cm³/mol. The van der Waals surface area contributed by atoms with Gasteiger partial charge in [-0.05, 0) is 82.2 Å². The average Bonchev–Trinajstić information content (AvgIpc) is 3.54. The van der Waals surface area contributed by atoms with Crippen LogP contribution in [0, 0.1) is 27.1 Å². The van der Waals surface area contributed by atoms with E-state index in [0.717, 1.165) is 50.5 Å². The minimum atomic E-state index is -0.0700. The van der Waals surface area contributed by atoms with Crippen molar-refractivity contribution in [1.29, 1.82) is 0 Å². The van der Waals surface area contributed by atoms with Crippen LogP contribution in [0.4, 0.5) is 0 Å². The van der Waals surface area contributed by atoms with Crippen LogP contribution in [0.25, 0.3) is 50.4 Å². The molecule has 0 atom stereocenters. The quantitative estimate of drug-likeness (QED) is 0.148. The molecule has 0 bridgehead atoms. The second-order valence-corrected chi connectivity index (χ2v) is 11.6. The van der Waals surface area contributed by atoms with E-state index in [0.29, 0.717) is 5.56 Å². The second-order valence-electron chi connectivity index (χ2n) is 11.6. The van der Waals surface area contributed by atoms with Gasteiger partial charge in [0.25, 0.3) is 0 Å². The third kappa shape index (κ3) is 5.41. The molecule has 6 aromatic rings. The van der Waals surface area contributed by atoms with Gasteiger partial charge in [0.1, 0.15) is 5.75 Å². The number of aryl methyl sites for hydroxylation is 3. The third-order valence-electron chi connectivity index (χ3n) is 7.48. The topological polar surface area (TPSA) is 65.0 Å². The molecule has 211 valence electrons. The summed E-state index contributed by atoms with van der Waals surface area (Å²) in [5, 5.41) is 12.0. The zero-order valence-electron chi connectivity index (χ0n) is 24.0. The molecule has 0 saturated carbocycles. The van der Waals surface area contributed by atoms with E-state index in [9.17, 15) is 5.11 Å². The molecule has 41 heavy (non-hydrogen) atoms. The summed E-state index contributed by atoms with van der Waals surface area (Å²) in [4.78, 5) is 14.4. The fourth-order valence-electron chi connectivity index (χ4n) is 5.34. The van der Waals surface area contributed by atoms with Crippen molar-refractivity contribution in [3.8, 4) is 45.2 Å². The first-order valence-corrected chi connectivity index (χ1v) is 13.5. The minimum Gasteiger partial charge on any atom is -0.534 e. The van der Waals surface area contributed by atoms with Gasteiger partial charge in [-0.25, -0.2) is 4.98 Å². The molecule has 0 saturated heterocycles. The molecule has 6 heteroatoms. The molecule has 0 aliphatic heterocycles. The van der Waals surface area contributed by atoms with Gasteiger partial charge in [0.15, 0.2) is 0 Å². The molecular formula is C35H32AuN4O-2. The van der Waals surface area contributed by atoms with Crippen LogP contribution in [0.15, 0.2) is 79.0 Å². The Hall–Kier alpha value is -3.90. The SMILES string of the molecule is Cc1cn(-c2cc3cccc(-c4cc(-c5c(C)cccc5C)cc(-c5cc(C(C)(C)C)ccc5O)n4)c3[n-]2)[c-]n1.[Au]. The van der Waals surface area contributed by atoms with Crippen molar-refractivity contribution < 1.29 is 27.5 Å². The van der Waals surface area contributed by atoms with Crippen LogP contribution < -0.4 is 4.98 Å². The number of fused-ring (bicyclic) bond motifs is 1. The normalized spacial score (nSPS) is 11.6. The van der Waals surface area contributed by atoms with E-state index < -0.39 is 0 Å². The standard InChI is InChI=1S/C35H32N4O.Au/c1-21-9-7-10-22(2)33(21)25-15-29(37-30(16-25)28-18-26(35(4,5)6)13-14-31(28)40)27-12-8-11-24-17-32(38-34(24)27)39-19-23(3)36-20-39;/h7-19H,1-6H3,(H-,37,38,40);/q-2;. The summed E-state index contributed by atoms with van der Waals surface area (Å²) in [6, 6.07) is 24.6. The van der Waals surface area contributed by atoms with Crippen LogP contribution in [0.1, 0.15) is 43.2 Å². The summed E-state index contributed by atoms with van der Waals surface area (Å²) in [6.45, 7) is 12.7. The van der Waals surface area contributed by atoms with Crippen LogP contribution >= 0.6 is 0 Å². The number of rotatable bonds is 4. The molecule has 0 unspecified atom stereocenters. The van der Waals surface area contributed by atoms with Gasteiger partial charge in [-0.15, -0.1) is 5.82 Å². The number of pyridine rings is 1. The van der Waals surface area contributed by atoms with Gasteiger partial charge >= 0.3 is 0 Å². The van der Waals surface area contributed by atoms with Gasteiger partial charge in [0.05, 0.1) is 11.4 Å². The smallest absolute Gasteiger partial charge is 0.124 e. The maximum atomic E-state index is 11.0. The number of phenolic OH excluding ortho intramolecular Hbond substituents is 1. The molecule has 1 radical (unpaired) electrons. The molecule has 6 rings (SSSR count). The largest absolute Gasteiger partial charge is 0.534 e. The molecule has 0 aliphatic rings. The van der Waals surface area contributed by atoms with Gasteiger partial charge in [0, 0.05) is 33.5 Å². The number of para-hydroxylation sites is 1. The molecule has 0 aliphatic carbocycles. The number of benzene rings is 3. The summed E-state index contributed by atoms with van der Waals surface area (Å²) >= 11 is 0. The minimum absolute atomic E-state index is 0. The molecule has 3 aromatic carbocycles. The van der Waals surface area contributed by atoms with Crippen molar-refractivity contribution in [3.05, 3.63) is 108 Å². The van der Waals surface area contributed by atoms with Gasteiger partial charge in [-0.2, -0.15) is 6.20 Å². The number of phenols is 1. The summed E-state index contributed by atoms with van der Waals surface area (Å²) in [5.74, 6) is 0.979. The molecule has 0 fully saturated rings. The monoisotopic (exact) mass is 721 g/mol. The molecule has 3 aromatic heterocycles. The van der Waals surface area contributed by atoms with E-state index in [4.69, 9.17) is 9.97 Å². The maximum Gasteiger partial charge on any atom is 0.124 e. The van der Waals surface area contributed by atoms with E-state index in [1.54, 1.807) is 6.07 Å². The van der Waals surface area contributed by atoms with Crippen molar-refractivity contribution in [2.24, 2.45) is 0 Å². The Morgan fingerprint density at radius 1 is 0.829 bits per heavy atom. The van der Waals surface area contributed by atoms with E-state index in [2.05, 4.69) is 94.5 Å². The van der Waals surface area contributed by atoms with E-state index in [-0.39, 0.29) is 33.5 Å². The van der Waals surface area contributed by atoms with Crippen LogP contribution in [0.5, 0.6) is 5.75 Å². The summed E-state index contributed by atoms with van der Waals surface area (Å²) in [7, 11) is 0. The summed E-state index contributed by atoms with van der Waals surface area (Å²) in [5.41, 5.74) is 10.6. The van der Waals surface area contributed by atoms with Crippen molar-refractivity contribution >= 4 is 10.9 Å². The maximum absolute atomic E-state index is 11.0. The zero-order chi connectivity index (χ0) is 28.2. The van der Waals surface area contributed by atoms with Crippen molar-refractivity contribution in [2.75, 3.05) is 0 Å². The molecule has 5 nitrogen and oxygen atoms in total. The van der Waals surface area contributed by atoms with Crippen LogP contribution in [0.3, 0.4) is 0 Å².